The van der Waals surface area contributed by atoms with E-state index < -0.39 is 22.2 Å². The van der Waals surface area contributed by atoms with E-state index in [0.29, 0.717) is 3.57 Å². The van der Waals surface area contributed by atoms with Gasteiger partial charge in [-0.25, -0.2) is 18.4 Å². The Kier molecular flexibility index (Phi) is 3.99. The van der Waals surface area contributed by atoms with Gasteiger partial charge in [-0.2, -0.15) is 0 Å². The number of carbonyl (C=O) groups is 1. The Balaban J connectivity index is 2.54. The zero-order valence-electron chi connectivity index (χ0n) is 9.61. The Hall–Kier alpha value is -0.910. The van der Waals surface area contributed by atoms with Crippen LogP contribution in [0.1, 0.15) is 0 Å². The van der Waals surface area contributed by atoms with E-state index in [1.807, 2.05) is 22.6 Å². The van der Waals surface area contributed by atoms with E-state index in [-0.39, 0.29) is 23.7 Å². The Bertz CT molecular complexity index is 618. The molecule has 1 aliphatic rings. The lowest BCUT2D eigenvalue weighted by molar-refractivity contribution is 0.0963. The van der Waals surface area contributed by atoms with Crippen molar-refractivity contribution in [1.82, 2.24) is 0 Å². The van der Waals surface area contributed by atoms with Crippen LogP contribution in [0, 0.1) is 3.57 Å². The quantitative estimate of drug-likeness (QED) is 0.710. The number of amides is 1. The zero-order valence-corrected chi connectivity index (χ0v) is 12.6. The predicted octanol–water partition coefficient (Wildman–Crippen LogP) is 0.256. The van der Waals surface area contributed by atoms with E-state index in [9.17, 15) is 13.2 Å². The lowest BCUT2D eigenvalue weighted by Gasteiger charge is -2.18. The number of hydrogen-bond donors (Lipinski definition) is 2. The standard InChI is InChI=1S/C10H11IN2O5S/c11-7-2-1-3-8(19(12,16)17)9(7)13-4-6(5-14)18-10(13)15/h1-3,6,14H,4-5H2,(H2,12,16,17). The highest BCUT2D eigenvalue weighted by Gasteiger charge is 2.35. The maximum atomic E-state index is 11.7. The number of carbonyl (C=O) groups excluding carboxylic acids is 1. The van der Waals surface area contributed by atoms with Crippen LogP contribution in [0.5, 0.6) is 0 Å². The molecule has 1 aromatic carbocycles. The molecule has 9 heteroatoms. The number of ether oxygens (including phenoxy) is 1. The van der Waals surface area contributed by atoms with Gasteiger partial charge >= 0.3 is 6.09 Å². The molecule has 1 saturated heterocycles. The van der Waals surface area contributed by atoms with Crippen LogP contribution in [0.2, 0.25) is 0 Å². The van der Waals surface area contributed by atoms with Crippen molar-refractivity contribution in [3.05, 3.63) is 21.8 Å². The zero-order chi connectivity index (χ0) is 14.2. The Morgan fingerprint density at radius 1 is 1.53 bits per heavy atom. The SMILES string of the molecule is NS(=O)(=O)c1cccc(I)c1N1CC(CO)OC1=O. The number of cyclic esters (lactones) is 1. The molecule has 0 radical (unpaired) electrons. The Labute approximate surface area is 123 Å². The monoisotopic (exact) mass is 398 g/mol. The number of sulfonamides is 1. The smallest absolute Gasteiger partial charge is 0.414 e. The summed E-state index contributed by atoms with van der Waals surface area (Å²) >= 11 is 1.91. The van der Waals surface area contributed by atoms with E-state index in [1.165, 1.54) is 17.0 Å². The fraction of sp³-hybridized carbons (Fsp3) is 0.300. The van der Waals surface area contributed by atoms with E-state index in [1.54, 1.807) is 6.07 Å². The summed E-state index contributed by atoms with van der Waals surface area (Å²) in [6, 6.07) is 4.52. The van der Waals surface area contributed by atoms with Crippen LogP contribution in [0.4, 0.5) is 10.5 Å². The maximum Gasteiger partial charge on any atom is 0.414 e. The minimum absolute atomic E-state index is 0.0812. The topological polar surface area (TPSA) is 110 Å². The van der Waals surface area contributed by atoms with Gasteiger partial charge in [0.15, 0.2) is 0 Å². The number of anilines is 1. The van der Waals surface area contributed by atoms with Gasteiger partial charge in [0, 0.05) is 3.57 Å². The maximum absolute atomic E-state index is 11.7. The normalized spacial score (nSPS) is 19.6. The molecule has 0 saturated carbocycles. The summed E-state index contributed by atoms with van der Waals surface area (Å²) in [4.78, 5) is 12.8. The van der Waals surface area contributed by atoms with E-state index in [2.05, 4.69) is 0 Å². The van der Waals surface area contributed by atoms with Crippen LogP contribution in [0.3, 0.4) is 0 Å². The van der Waals surface area contributed by atoms with Gasteiger partial charge in [0.25, 0.3) is 0 Å². The van der Waals surface area contributed by atoms with Gasteiger partial charge in [-0.1, -0.05) is 6.07 Å². The van der Waals surface area contributed by atoms with Gasteiger partial charge in [0.2, 0.25) is 10.0 Å². The average molecular weight is 398 g/mol. The molecule has 19 heavy (non-hydrogen) atoms. The molecule has 104 valence electrons. The fourth-order valence-corrected chi connectivity index (χ4v) is 3.52. The second kappa shape index (κ2) is 5.23. The summed E-state index contributed by atoms with van der Waals surface area (Å²) in [6.45, 7) is -0.242. The molecule has 0 aliphatic carbocycles. The van der Waals surface area contributed by atoms with Crippen molar-refractivity contribution in [1.29, 1.82) is 0 Å². The number of nitrogens with two attached hydrogens (primary N) is 1. The molecular weight excluding hydrogens is 387 g/mol. The van der Waals surface area contributed by atoms with Crippen molar-refractivity contribution in [2.24, 2.45) is 5.14 Å². The van der Waals surface area contributed by atoms with Crippen LogP contribution < -0.4 is 10.0 Å². The first kappa shape index (κ1) is 14.5. The molecule has 0 spiro atoms. The summed E-state index contributed by atoms with van der Waals surface area (Å²) in [6.07, 6.45) is -1.37. The number of rotatable bonds is 3. The molecule has 7 nitrogen and oxygen atoms in total. The number of primary sulfonamides is 1. The molecule has 1 amide bonds. The molecule has 1 aliphatic heterocycles. The Morgan fingerprint density at radius 3 is 2.74 bits per heavy atom. The third-order valence-corrected chi connectivity index (χ3v) is 4.42. The second-order valence-electron chi connectivity index (χ2n) is 3.93. The number of benzene rings is 1. The highest BCUT2D eigenvalue weighted by Crippen LogP contribution is 2.32. The molecule has 1 heterocycles. The third kappa shape index (κ3) is 2.83. The number of halogens is 1. The molecule has 0 aromatic heterocycles. The number of aliphatic hydroxyl groups is 1. The van der Waals surface area contributed by atoms with Crippen LogP contribution in [-0.4, -0.2) is 38.9 Å². The van der Waals surface area contributed by atoms with Crippen molar-refractivity contribution in [3.63, 3.8) is 0 Å². The first-order valence-electron chi connectivity index (χ1n) is 5.25. The van der Waals surface area contributed by atoms with Gasteiger partial charge in [0.05, 0.1) is 18.8 Å². The summed E-state index contributed by atoms with van der Waals surface area (Å²) in [5, 5.41) is 14.1. The highest BCUT2D eigenvalue weighted by molar-refractivity contribution is 14.1. The minimum Gasteiger partial charge on any atom is -0.441 e. The van der Waals surface area contributed by atoms with Gasteiger partial charge in [-0.3, -0.25) is 4.90 Å². The van der Waals surface area contributed by atoms with Crippen molar-refractivity contribution >= 4 is 44.4 Å². The first-order chi connectivity index (χ1) is 8.84. The van der Waals surface area contributed by atoms with E-state index in [0.717, 1.165) is 0 Å². The van der Waals surface area contributed by atoms with Crippen molar-refractivity contribution < 1.29 is 23.1 Å². The Morgan fingerprint density at radius 2 is 2.21 bits per heavy atom. The molecule has 1 aromatic rings. The number of para-hydroxylation sites is 1. The molecule has 1 unspecified atom stereocenters. The van der Waals surface area contributed by atoms with Gasteiger partial charge in [-0.15, -0.1) is 0 Å². The summed E-state index contributed by atoms with van der Waals surface area (Å²) in [5.74, 6) is 0. The number of nitrogens with zero attached hydrogens (tertiary/aromatic N) is 1. The van der Waals surface area contributed by atoms with Gasteiger partial charge < -0.3 is 9.84 Å². The van der Waals surface area contributed by atoms with Crippen molar-refractivity contribution in [2.45, 2.75) is 11.0 Å². The molecule has 1 atom stereocenters. The summed E-state index contributed by atoms with van der Waals surface area (Å²) in [5.41, 5.74) is 0.187. The van der Waals surface area contributed by atoms with Crippen LogP contribution in [-0.2, 0) is 14.8 Å². The lowest BCUT2D eigenvalue weighted by Crippen LogP contribution is -2.29. The largest absolute Gasteiger partial charge is 0.441 e. The second-order valence-corrected chi connectivity index (χ2v) is 6.62. The van der Waals surface area contributed by atoms with Gasteiger partial charge in [0.1, 0.15) is 11.0 Å². The fourth-order valence-electron chi connectivity index (χ4n) is 1.79. The predicted molar refractivity (Wildman–Crippen MR) is 75.2 cm³/mol. The van der Waals surface area contributed by atoms with Crippen LogP contribution >= 0.6 is 22.6 Å². The van der Waals surface area contributed by atoms with Crippen LogP contribution in [0.15, 0.2) is 23.1 Å². The summed E-state index contributed by atoms with van der Waals surface area (Å²) in [7, 11) is -3.96. The molecule has 1 fully saturated rings. The van der Waals surface area contributed by atoms with Crippen molar-refractivity contribution in [2.75, 3.05) is 18.1 Å². The highest BCUT2D eigenvalue weighted by atomic mass is 127. The molecule has 2 rings (SSSR count). The van der Waals surface area contributed by atoms with Gasteiger partial charge in [-0.05, 0) is 34.7 Å². The van der Waals surface area contributed by atoms with E-state index in [4.69, 9.17) is 15.0 Å². The summed E-state index contributed by atoms with van der Waals surface area (Å²) < 4.78 is 28.6. The average Bonchev–Trinajstić information content (AvgIpc) is 2.69. The lowest BCUT2D eigenvalue weighted by atomic mass is 10.3. The molecule has 3 N–H and O–H groups in total. The van der Waals surface area contributed by atoms with Crippen molar-refractivity contribution in [3.8, 4) is 0 Å². The number of aliphatic hydroxyl groups excluding tert-OH is 1. The number of hydrogen-bond acceptors (Lipinski definition) is 5. The first-order valence-corrected chi connectivity index (χ1v) is 7.87. The van der Waals surface area contributed by atoms with E-state index >= 15 is 0 Å². The minimum atomic E-state index is -3.96. The van der Waals surface area contributed by atoms with Crippen LogP contribution in [0.25, 0.3) is 0 Å². The third-order valence-electron chi connectivity index (χ3n) is 2.60. The molecule has 0 bridgehead atoms. The molecular formula is C10H11IN2O5S.